The highest BCUT2D eigenvalue weighted by atomic mass is 16.5. The Morgan fingerprint density at radius 3 is 2.60 bits per heavy atom. The van der Waals surface area contributed by atoms with Gasteiger partial charge in [0.2, 0.25) is 0 Å². The summed E-state index contributed by atoms with van der Waals surface area (Å²) in [6.07, 6.45) is 0.566. The van der Waals surface area contributed by atoms with Gasteiger partial charge < -0.3 is 15.6 Å². The van der Waals surface area contributed by atoms with Crippen LogP contribution in [0.4, 0.5) is 0 Å². The van der Waals surface area contributed by atoms with E-state index >= 15 is 0 Å². The molecular weight excluding hydrogens is 254 g/mol. The number of carbonyl (C=O) groups is 1. The van der Waals surface area contributed by atoms with Gasteiger partial charge in [-0.15, -0.1) is 0 Å². The van der Waals surface area contributed by atoms with Crippen molar-refractivity contribution in [3.05, 3.63) is 59.7 Å². The molecule has 4 nitrogen and oxygen atoms in total. The molecule has 0 saturated carbocycles. The highest BCUT2D eigenvalue weighted by Gasteiger charge is 2.12. The molecule has 0 amide bonds. The Balaban J connectivity index is 2.19. The minimum absolute atomic E-state index is 0.175. The maximum Gasteiger partial charge on any atom is 0.328 e. The third-order valence-corrected chi connectivity index (χ3v) is 2.88. The predicted molar refractivity (Wildman–Crippen MR) is 76.6 cm³/mol. The van der Waals surface area contributed by atoms with Crippen molar-refractivity contribution in [2.75, 3.05) is 0 Å². The van der Waals surface area contributed by atoms with Gasteiger partial charge in [0.25, 0.3) is 0 Å². The Bertz CT molecular complexity index is 594. The molecular formula is C16H17NO3. The molecule has 20 heavy (non-hydrogen) atoms. The molecule has 2 aromatic carbocycles. The van der Waals surface area contributed by atoms with Crippen LogP contribution in [0.15, 0.2) is 48.5 Å². The van der Waals surface area contributed by atoms with Crippen LogP contribution in [0, 0.1) is 0 Å². The van der Waals surface area contributed by atoms with Gasteiger partial charge in [0.05, 0.1) is 0 Å². The summed E-state index contributed by atoms with van der Waals surface area (Å²) in [6, 6.07) is 13.8. The standard InChI is InChI=1S/C16H17NO3/c1-11(17)16(19)20-14-7-8-15(18)13(10-14)9-12-5-3-2-4-6-12/h2-8,10-11,18H,9,17H2,1H3/t11-/m0/s1. The molecule has 0 radical (unpaired) electrons. The molecule has 0 spiro atoms. The molecule has 3 N–H and O–H groups in total. The Kier molecular flexibility index (Phi) is 4.38. The van der Waals surface area contributed by atoms with Gasteiger partial charge in [-0.25, -0.2) is 4.79 Å². The van der Waals surface area contributed by atoms with E-state index in [2.05, 4.69) is 0 Å². The van der Waals surface area contributed by atoms with Gasteiger partial charge in [-0.05, 0) is 30.7 Å². The molecule has 1 atom stereocenters. The van der Waals surface area contributed by atoms with Crippen molar-refractivity contribution in [2.45, 2.75) is 19.4 Å². The number of esters is 1. The molecule has 0 aliphatic carbocycles. The Morgan fingerprint density at radius 2 is 1.95 bits per heavy atom. The van der Waals surface area contributed by atoms with Crippen LogP contribution in [-0.2, 0) is 11.2 Å². The highest BCUT2D eigenvalue weighted by Crippen LogP contribution is 2.25. The van der Waals surface area contributed by atoms with Crippen molar-refractivity contribution in [1.29, 1.82) is 0 Å². The van der Waals surface area contributed by atoms with Gasteiger partial charge in [0, 0.05) is 12.0 Å². The first kappa shape index (κ1) is 14.1. The predicted octanol–water partition coefficient (Wildman–Crippen LogP) is 2.24. The van der Waals surface area contributed by atoms with Gasteiger partial charge in [-0.1, -0.05) is 30.3 Å². The monoisotopic (exact) mass is 271 g/mol. The van der Waals surface area contributed by atoms with E-state index in [9.17, 15) is 9.90 Å². The third kappa shape index (κ3) is 3.59. The second-order valence-electron chi connectivity index (χ2n) is 4.66. The maximum absolute atomic E-state index is 11.5. The molecule has 0 aliphatic heterocycles. The summed E-state index contributed by atoms with van der Waals surface area (Å²) in [6.45, 7) is 1.56. The SMILES string of the molecule is C[C@H](N)C(=O)Oc1ccc(O)c(Cc2ccccc2)c1. The fourth-order valence-corrected chi connectivity index (χ4v) is 1.79. The number of rotatable bonds is 4. The van der Waals surface area contributed by atoms with Crippen molar-refractivity contribution in [1.82, 2.24) is 0 Å². The molecule has 4 heteroatoms. The first-order valence-corrected chi connectivity index (χ1v) is 6.39. The van der Waals surface area contributed by atoms with E-state index in [1.165, 1.54) is 6.07 Å². The van der Waals surface area contributed by atoms with Gasteiger partial charge in [0.1, 0.15) is 17.5 Å². The number of hydrogen-bond donors (Lipinski definition) is 2. The van der Waals surface area contributed by atoms with Gasteiger partial charge >= 0.3 is 5.97 Å². The highest BCUT2D eigenvalue weighted by molar-refractivity contribution is 5.77. The molecule has 0 fully saturated rings. The van der Waals surface area contributed by atoms with E-state index < -0.39 is 12.0 Å². The van der Waals surface area contributed by atoms with E-state index in [1.807, 2.05) is 30.3 Å². The molecule has 0 aliphatic rings. The fourth-order valence-electron chi connectivity index (χ4n) is 1.79. The van der Waals surface area contributed by atoms with Gasteiger partial charge in [-0.2, -0.15) is 0 Å². The van der Waals surface area contributed by atoms with E-state index in [4.69, 9.17) is 10.5 Å². The van der Waals surface area contributed by atoms with Crippen LogP contribution in [0.5, 0.6) is 11.5 Å². The topological polar surface area (TPSA) is 72.6 Å². The molecule has 2 rings (SSSR count). The van der Waals surface area contributed by atoms with E-state index in [0.29, 0.717) is 17.7 Å². The molecule has 2 aromatic rings. The second-order valence-corrected chi connectivity index (χ2v) is 4.66. The van der Waals surface area contributed by atoms with Crippen LogP contribution in [0.1, 0.15) is 18.1 Å². The lowest BCUT2D eigenvalue weighted by molar-refractivity contribution is -0.135. The maximum atomic E-state index is 11.5. The molecule has 0 bridgehead atoms. The van der Waals surface area contributed by atoms with E-state index in [-0.39, 0.29) is 5.75 Å². The first-order valence-electron chi connectivity index (χ1n) is 6.39. The summed E-state index contributed by atoms with van der Waals surface area (Å²) >= 11 is 0. The zero-order chi connectivity index (χ0) is 14.5. The number of benzene rings is 2. The van der Waals surface area contributed by atoms with Crippen molar-refractivity contribution in [3.8, 4) is 11.5 Å². The van der Waals surface area contributed by atoms with Crippen LogP contribution >= 0.6 is 0 Å². The summed E-state index contributed by atoms with van der Waals surface area (Å²) in [4.78, 5) is 11.5. The van der Waals surface area contributed by atoms with E-state index in [1.54, 1.807) is 19.1 Å². The lowest BCUT2D eigenvalue weighted by Gasteiger charge is -2.10. The zero-order valence-electron chi connectivity index (χ0n) is 11.2. The average molecular weight is 271 g/mol. The molecule has 104 valence electrons. The first-order chi connectivity index (χ1) is 9.56. The van der Waals surface area contributed by atoms with Gasteiger partial charge in [0.15, 0.2) is 0 Å². The summed E-state index contributed by atoms with van der Waals surface area (Å²) < 4.78 is 5.13. The Morgan fingerprint density at radius 1 is 1.25 bits per heavy atom. The Hall–Kier alpha value is -2.33. The summed E-state index contributed by atoms with van der Waals surface area (Å²) in [5.41, 5.74) is 7.22. The van der Waals surface area contributed by atoms with Crippen LogP contribution in [0.3, 0.4) is 0 Å². The van der Waals surface area contributed by atoms with Crippen LogP contribution in [-0.4, -0.2) is 17.1 Å². The van der Waals surface area contributed by atoms with Crippen molar-refractivity contribution >= 4 is 5.97 Å². The minimum atomic E-state index is -0.679. The number of nitrogens with two attached hydrogens (primary N) is 1. The number of phenols is 1. The summed E-state index contributed by atoms with van der Waals surface area (Å²) in [5, 5.41) is 9.87. The number of hydrogen-bond acceptors (Lipinski definition) is 4. The molecule has 0 aromatic heterocycles. The summed E-state index contributed by atoms with van der Waals surface area (Å²) in [7, 11) is 0. The average Bonchev–Trinajstić information content (AvgIpc) is 2.43. The second kappa shape index (κ2) is 6.21. The van der Waals surface area contributed by atoms with Crippen molar-refractivity contribution in [2.24, 2.45) is 5.73 Å². The number of carbonyl (C=O) groups excluding carboxylic acids is 1. The minimum Gasteiger partial charge on any atom is -0.508 e. The fraction of sp³-hybridized carbons (Fsp3) is 0.188. The van der Waals surface area contributed by atoms with Crippen LogP contribution < -0.4 is 10.5 Å². The normalized spacial score (nSPS) is 11.9. The van der Waals surface area contributed by atoms with Gasteiger partial charge in [-0.3, -0.25) is 0 Å². The van der Waals surface area contributed by atoms with Crippen LogP contribution in [0.25, 0.3) is 0 Å². The number of aromatic hydroxyl groups is 1. The number of phenolic OH excluding ortho intramolecular Hbond substituents is 1. The quantitative estimate of drug-likeness (QED) is 0.660. The van der Waals surface area contributed by atoms with Crippen molar-refractivity contribution in [3.63, 3.8) is 0 Å². The lowest BCUT2D eigenvalue weighted by atomic mass is 10.0. The number of ether oxygens (including phenoxy) is 1. The van der Waals surface area contributed by atoms with E-state index in [0.717, 1.165) is 5.56 Å². The molecule has 0 heterocycles. The molecule has 0 unspecified atom stereocenters. The summed E-state index contributed by atoms with van der Waals surface area (Å²) in [5.74, 6) is 0.0619. The largest absolute Gasteiger partial charge is 0.508 e. The Labute approximate surface area is 117 Å². The molecule has 0 saturated heterocycles. The van der Waals surface area contributed by atoms with Crippen molar-refractivity contribution < 1.29 is 14.6 Å². The smallest absolute Gasteiger partial charge is 0.328 e. The lowest BCUT2D eigenvalue weighted by Crippen LogP contribution is -2.30. The zero-order valence-corrected chi connectivity index (χ0v) is 11.2. The third-order valence-electron chi connectivity index (χ3n) is 2.88. The van der Waals surface area contributed by atoms with Crippen LogP contribution in [0.2, 0.25) is 0 Å².